The van der Waals surface area contributed by atoms with Crippen LogP contribution in [0.5, 0.6) is 0 Å². The first-order valence-corrected chi connectivity index (χ1v) is 9.45. The van der Waals surface area contributed by atoms with E-state index in [1.807, 2.05) is 11.8 Å². The highest BCUT2D eigenvalue weighted by molar-refractivity contribution is 7.98. The summed E-state index contributed by atoms with van der Waals surface area (Å²) in [4.78, 5) is 0.221. The minimum absolute atomic E-state index is 0.221. The summed E-state index contributed by atoms with van der Waals surface area (Å²) in [5.74, 6) is 1.18. The Kier molecular flexibility index (Phi) is 7.18. The number of thioether (sulfide) groups is 1. The minimum Gasteiger partial charge on any atom is -0.397 e. The monoisotopic (exact) mass is 317 g/mol. The van der Waals surface area contributed by atoms with Crippen LogP contribution in [-0.2, 0) is 10.0 Å². The molecule has 7 heteroatoms. The third kappa shape index (κ3) is 5.22. The molecule has 1 aromatic carbocycles. The molecule has 0 fully saturated rings. The summed E-state index contributed by atoms with van der Waals surface area (Å²) in [5.41, 5.74) is 7.09. The highest BCUT2D eigenvalue weighted by Gasteiger charge is 2.12. The third-order valence-corrected chi connectivity index (χ3v) is 5.05. The van der Waals surface area contributed by atoms with Crippen molar-refractivity contribution in [1.29, 1.82) is 0 Å². The number of hydrogen-bond acceptors (Lipinski definition) is 5. The van der Waals surface area contributed by atoms with Crippen molar-refractivity contribution in [3.8, 4) is 0 Å². The van der Waals surface area contributed by atoms with Crippen LogP contribution in [0.15, 0.2) is 23.1 Å². The third-order valence-electron chi connectivity index (χ3n) is 2.94. The second-order valence-corrected chi connectivity index (χ2v) is 7.31. The molecule has 0 atom stereocenters. The van der Waals surface area contributed by atoms with Gasteiger partial charge in [0.25, 0.3) is 0 Å². The predicted molar refractivity (Wildman–Crippen MR) is 87.8 cm³/mol. The van der Waals surface area contributed by atoms with Crippen molar-refractivity contribution in [2.45, 2.75) is 24.2 Å². The average Bonchev–Trinajstić information content (AvgIpc) is 2.44. The fourth-order valence-electron chi connectivity index (χ4n) is 1.74. The smallest absolute Gasteiger partial charge is 0.240 e. The van der Waals surface area contributed by atoms with Gasteiger partial charge in [0.05, 0.1) is 16.3 Å². The Morgan fingerprint density at radius 2 is 2.00 bits per heavy atom. The van der Waals surface area contributed by atoms with Gasteiger partial charge in [-0.15, -0.1) is 0 Å². The van der Waals surface area contributed by atoms with Crippen molar-refractivity contribution in [1.82, 2.24) is 4.72 Å². The van der Waals surface area contributed by atoms with Gasteiger partial charge in [0, 0.05) is 6.54 Å². The average molecular weight is 317 g/mol. The van der Waals surface area contributed by atoms with Gasteiger partial charge < -0.3 is 11.1 Å². The number of nitrogen functional groups attached to an aromatic ring is 1. The molecule has 114 valence electrons. The Morgan fingerprint density at radius 3 is 2.65 bits per heavy atom. The molecule has 20 heavy (non-hydrogen) atoms. The molecule has 0 aromatic heterocycles. The van der Waals surface area contributed by atoms with Crippen molar-refractivity contribution in [3.63, 3.8) is 0 Å². The summed E-state index contributed by atoms with van der Waals surface area (Å²) in [7, 11) is -2.03. The molecule has 0 bridgehead atoms. The molecule has 0 aliphatic heterocycles. The maximum Gasteiger partial charge on any atom is 0.240 e. The van der Waals surface area contributed by atoms with Crippen molar-refractivity contribution in [2.75, 3.05) is 36.7 Å². The number of nitrogens with one attached hydrogen (secondary N) is 2. The van der Waals surface area contributed by atoms with E-state index in [9.17, 15) is 8.42 Å². The van der Waals surface area contributed by atoms with E-state index < -0.39 is 10.0 Å². The van der Waals surface area contributed by atoms with Gasteiger partial charge in [0.15, 0.2) is 0 Å². The Balaban J connectivity index is 2.59. The minimum atomic E-state index is -3.43. The molecular weight excluding hydrogens is 294 g/mol. The van der Waals surface area contributed by atoms with E-state index in [0.29, 0.717) is 11.4 Å². The molecule has 0 aliphatic carbocycles. The summed E-state index contributed by atoms with van der Waals surface area (Å²) in [6.45, 7) is 0.793. The van der Waals surface area contributed by atoms with Gasteiger partial charge in [-0.2, -0.15) is 11.8 Å². The lowest BCUT2D eigenvalue weighted by molar-refractivity contribution is 0.588. The second kappa shape index (κ2) is 8.39. The number of benzene rings is 1. The fraction of sp³-hybridized carbons (Fsp3) is 0.538. The molecule has 4 N–H and O–H groups in total. The molecule has 0 spiro atoms. The zero-order valence-electron chi connectivity index (χ0n) is 12.0. The topological polar surface area (TPSA) is 84.2 Å². The van der Waals surface area contributed by atoms with Crippen LogP contribution in [0.3, 0.4) is 0 Å². The van der Waals surface area contributed by atoms with Crippen LogP contribution in [0.1, 0.15) is 19.3 Å². The van der Waals surface area contributed by atoms with E-state index in [2.05, 4.69) is 16.3 Å². The predicted octanol–water partition coefficient (Wildman–Crippen LogP) is 2.12. The number of nitrogens with two attached hydrogens (primary N) is 1. The summed E-state index contributed by atoms with van der Waals surface area (Å²) in [6.07, 6.45) is 5.50. The lowest BCUT2D eigenvalue weighted by atomic mass is 10.2. The lowest BCUT2D eigenvalue weighted by Gasteiger charge is -2.11. The van der Waals surface area contributed by atoms with Crippen LogP contribution in [0.2, 0.25) is 0 Å². The number of unbranched alkanes of at least 4 members (excludes halogenated alkanes) is 2. The standard InChI is InChI=1S/C13H23N3O2S2/c1-15-20(17,18)11-6-7-12(14)13(10-11)16-8-4-3-5-9-19-2/h6-7,10,15-16H,3-5,8-9,14H2,1-2H3. The Hall–Kier alpha value is -0.920. The maximum atomic E-state index is 11.7. The number of hydrogen-bond donors (Lipinski definition) is 3. The van der Waals surface area contributed by atoms with Crippen LogP contribution >= 0.6 is 11.8 Å². The first kappa shape index (κ1) is 17.1. The van der Waals surface area contributed by atoms with Gasteiger partial charge >= 0.3 is 0 Å². The van der Waals surface area contributed by atoms with E-state index in [4.69, 9.17) is 5.73 Å². The summed E-state index contributed by atoms with van der Waals surface area (Å²) < 4.78 is 25.8. The molecular formula is C13H23N3O2S2. The van der Waals surface area contributed by atoms with Gasteiger partial charge in [-0.3, -0.25) is 0 Å². The summed E-state index contributed by atoms with van der Waals surface area (Å²) in [5, 5.41) is 3.20. The van der Waals surface area contributed by atoms with Crippen LogP contribution < -0.4 is 15.8 Å². The first-order valence-electron chi connectivity index (χ1n) is 6.57. The van der Waals surface area contributed by atoms with Gasteiger partial charge in [-0.1, -0.05) is 6.42 Å². The highest BCUT2D eigenvalue weighted by atomic mass is 32.2. The SMILES string of the molecule is CNS(=O)(=O)c1ccc(N)c(NCCCCCSC)c1. The summed E-state index contributed by atoms with van der Waals surface area (Å²) >= 11 is 1.85. The van der Waals surface area contributed by atoms with Crippen LogP contribution in [0.4, 0.5) is 11.4 Å². The lowest BCUT2D eigenvalue weighted by Crippen LogP contribution is -2.19. The van der Waals surface area contributed by atoms with E-state index >= 15 is 0 Å². The van der Waals surface area contributed by atoms with Gasteiger partial charge in [0.2, 0.25) is 10.0 Å². The molecule has 0 radical (unpaired) electrons. The molecule has 0 saturated heterocycles. The second-order valence-electron chi connectivity index (χ2n) is 4.44. The molecule has 0 unspecified atom stereocenters. The van der Waals surface area contributed by atoms with Gasteiger partial charge in [-0.25, -0.2) is 13.1 Å². The van der Waals surface area contributed by atoms with E-state index in [-0.39, 0.29) is 4.90 Å². The van der Waals surface area contributed by atoms with Crippen LogP contribution in [-0.4, -0.2) is 34.0 Å². The Morgan fingerprint density at radius 1 is 1.25 bits per heavy atom. The van der Waals surface area contributed by atoms with E-state index in [1.54, 1.807) is 12.1 Å². The molecule has 5 nitrogen and oxygen atoms in total. The van der Waals surface area contributed by atoms with Crippen molar-refractivity contribution < 1.29 is 8.42 Å². The van der Waals surface area contributed by atoms with Crippen molar-refractivity contribution in [2.24, 2.45) is 0 Å². The van der Waals surface area contributed by atoms with Gasteiger partial charge in [-0.05, 0) is 50.1 Å². The zero-order chi connectivity index (χ0) is 15.0. The number of anilines is 2. The Labute approximate surface area is 125 Å². The van der Waals surface area contributed by atoms with Gasteiger partial charge in [0.1, 0.15) is 0 Å². The van der Waals surface area contributed by atoms with Crippen LogP contribution in [0, 0.1) is 0 Å². The Bertz CT molecular complexity index is 518. The number of rotatable bonds is 9. The van der Waals surface area contributed by atoms with Crippen molar-refractivity contribution >= 4 is 33.2 Å². The molecule has 1 aromatic rings. The normalized spacial score (nSPS) is 11.5. The van der Waals surface area contributed by atoms with Crippen LogP contribution in [0.25, 0.3) is 0 Å². The summed E-state index contributed by atoms with van der Waals surface area (Å²) in [6, 6.07) is 4.69. The fourth-order valence-corrected chi connectivity index (χ4v) is 2.99. The molecule has 1 rings (SSSR count). The molecule has 0 saturated carbocycles. The largest absolute Gasteiger partial charge is 0.397 e. The molecule has 0 aliphatic rings. The zero-order valence-corrected chi connectivity index (χ0v) is 13.6. The highest BCUT2D eigenvalue weighted by Crippen LogP contribution is 2.22. The van der Waals surface area contributed by atoms with E-state index in [1.165, 1.54) is 25.3 Å². The van der Waals surface area contributed by atoms with E-state index in [0.717, 1.165) is 19.4 Å². The quantitative estimate of drug-likeness (QED) is 0.480. The molecule has 0 amide bonds. The van der Waals surface area contributed by atoms with Crippen molar-refractivity contribution in [3.05, 3.63) is 18.2 Å². The first-order chi connectivity index (χ1) is 9.51. The molecule has 0 heterocycles. The maximum absolute atomic E-state index is 11.7. The number of sulfonamides is 1.